The number of hydrogen-bond acceptors (Lipinski definition) is 6. The molecule has 1 N–H and O–H groups in total. The van der Waals surface area contributed by atoms with Gasteiger partial charge in [0.15, 0.2) is 0 Å². The van der Waals surface area contributed by atoms with Crippen molar-refractivity contribution < 1.29 is 18.7 Å². The number of nitrogens with one attached hydrogen (secondary N) is 1. The van der Waals surface area contributed by atoms with Crippen LogP contribution in [0, 0.1) is 0 Å². The Morgan fingerprint density at radius 2 is 2.12 bits per heavy atom. The first kappa shape index (κ1) is 15.7. The number of rotatable bonds is 5. The van der Waals surface area contributed by atoms with Crippen molar-refractivity contribution in [3.63, 3.8) is 0 Å². The number of ether oxygens (including phenoxy) is 1. The first-order valence-electron chi connectivity index (χ1n) is 7.30. The van der Waals surface area contributed by atoms with Crippen molar-refractivity contribution in [1.29, 1.82) is 0 Å². The van der Waals surface area contributed by atoms with E-state index in [4.69, 9.17) is 4.42 Å². The number of benzene rings is 1. The third-order valence-electron chi connectivity index (χ3n) is 3.54. The van der Waals surface area contributed by atoms with E-state index in [9.17, 15) is 14.4 Å². The Bertz CT molecular complexity index is 973. The molecule has 0 aliphatic rings. The van der Waals surface area contributed by atoms with E-state index < -0.39 is 17.4 Å². The third kappa shape index (κ3) is 2.98. The van der Waals surface area contributed by atoms with E-state index in [1.165, 1.54) is 13.4 Å². The van der Waals surface area contributed by atoms with Crippen molar-refractivity contribution in [2.75, 3.05) is 13.7 Å². The lowest BCUT2D eigenvalue weighted by atomic mass is 10.2. The van der Waals surface area contributed by atoms with Gasteiger partial charge in [-0.05, 0) is 12.1 Å². The van der Waals surface area contributed by atoms with E-state index in [1.807, 2.05) is 12.1 Å². The number of esters is 1. The summed E-state index contributed by atoms with van der Waals surface area (Å²) in [5.74, 6) is -0.823. The van der Waals surface area contributed by atoms with Crippen molar-refractivity contribution in [1.82, 2.24) is 14.9 Å². The number of amides is 1. The van der Waals surface area contributed by atoms with Gasteiger partial charge >= 0.3 is 5.97 Å². The normalized spacial score (nSPS) is 10.9. The van der Waals surface area contributed by atoms with Crippen LogP contribution in [0.15, 0.2) is 39.8 Å². The molecule has 0 fully saturated rings. The molecule has 0 saturated carbocycles. The largest absolute Gasteiger partial charge is 0.469 e. The Labute approximate surface area is 136 Å². The van der Waals surface area contributed by atoms with E-state index in [-0.39, 0.29) is 25.1 Å². The van der Waals surface area contributed by atoms with Crippen molar-refractivity contribution >= 4 is 33.9 Å². The summed E-state index contributed by atoms with van der Waals surface area (Å²) < 4.78 is 11.2. The molecule has 3 aromatic rings. The summed E-state index contributed by atoms with van der Waals surface area (Å²) in [6, 6.07) is 7.20. The second-order valence-electron chi connectivity index (χ2n) is 5.13. The minimum Gasteiger partial charge on any atom is -0.469 e. The average molecular weight is 329 g/mol. The maximum absolute atomic E-state index is 12.4. The number of furan rings is 1. The summed E-state index contributed by atoms with van der Waals surface area (Å²) >= 11 is 0. The molecule has 0 atom stereocenters. The predicted molar refractivity (Wildman–Crippen MR) is 85.4 cm³/mol. The highest BCUT2D eigenvalue weighted by Crippen LogP contribution is 2.23. The number of para-hydroxylation sites is 1. The van der Waals surface area contributed by atoms with Gasteiger partial charge in [-0.3, -0.25) is 19.0 Å². The molecule has 3 rings (SSSR count). The molecule has 0 unspecified atom stereocenters. The van der Waals surface area contributed by atoms with Gasteiger partial charge in [-0.25, -0.2) is 4.98 Å². The van der Waals surface area contributed by atoms with Gasteiger partial charge in [0.25, 0.3) is 5.56 Å². The molecule has 1 amide bonds. The molecule has 0 spiro atoms. The van der Waals surface area contributed by atoms with E-state index >= 15 is 0 Å². The number of hydrogen-bond donors (Lipinski definition) is 1. The highest BCUT2D eigenvalue weighted by atomic mass is 16.5. The van der Waals surface area contributed by atoms with Gasteiger partial charge in [-0.2, -0.15) is 0 Å². The van der Waals surface area contributed by atoms with Crippen LogP contribution in [0.4, 0.5) is 0 Å². The average Bonchev–Trinajstić information content (AvgIpc) is 2.97. The first-order chi connectivity index (χ1) is 11.6. The SMILES string of the molecule is COC(=O)CCNC(=O)Cn1cnc2c(oc3ccccc32)c1=O. The standard InChI is InChI=1S/C16H15N3O5/c1-23-13(21)6-7-17-12(20)8-19-9-18-14-10-4-2-3-5-11(10)24-15(14)16(19)22/h2-5,9H,6-8H2,1H3,(H,17,20). The van der Waals surface area contributed by atoms with Crippen molar-refractivity contribution in [3.05, 3.63) is 40.9 Å². The molecule has 0 radical (unpaired) electrons. The third-order valence-corrected chi connectivity index (χ3v) is 3.54. The van der Waals surface area contributed by atoms with Crippen LogP contribution < -0.4 is 10.9 Å². The number of fused-ring (bicyclic) bond motifs is 3. The lowest BCUT2D eigenvalue weighted by molar-refractivity contribution is -0.140. The minimum atomic E-state index is -0.431. The van der Waals surface area contributed by atoms with Gasteiger partial charge in [-0.1, -0.05) is 12.1 Å². The molecule has 0 aliphatic heterocycles. The van der Waals surface area contributed by atoms with Gasteiger partial charge in [0.05, 0.1) is 19.9 Å². The fraction of sp³-hybridized carbons (Fsp3) is 0.250. The highest BCUT2D eigenvalue weighted by molar-refractivity contribution is 6.01. The van der Waals surface area contributed by atoms with Gasteiger partial charge in [0.1, 0.15) is 17.6 Å². The molecular weight excluding hydrogens is 314 g/mol. The summed E-state index contributed by atoms with van der Waals surface area (Å²) in [5.41, 5.74) is 0.718. The van der Waals surface area contributed by atoms with Crippen LogP contribution in [0.25, 0.3) is 22.1 Å². The van der Waals surface area contributed by atoms with Gasteiger partial charge in [0.2, 0.25) is 11.5 Å². The molecule has 0 aliphatic carbocycles. The molecule has 8 heteroatoms. The number of methoxy groups -OCH3 is 1. The van der Waals surface area contributed by atoms with E-state index in [0.717, 1.165) is 9.95 Å². The zero-order chi connectivity index (χ0) is 17.1. The highest BCUT2D eigenvalue weighted by Gasteiger charge is 2.14. The quantitative estimate of drug-likeness (QED) is 0.695. The van der Waals surface area contributed by atoms with Crippen LogP contribution in [0.1, 0.15) is 6.42 Å². The van der Waals surface area contributed by atoms with E-state index in [0.29, 0.717) is 11.1 Å². The van der Waals surface area contributed by atoms with Gasteiger partial charge in [-0.15, -0.1) is 0 Å². The monoisotopic (exact) mass is 329 g/mol. The molecular formula is C16H15N3O5. The summed E-state index contributed by atoms with van der Waals surface area (Å²) in [5, 5.41) is 3.29. The summed E-state index contributed by atoms with van der Waals surface area (Å²) in [6.07, 6.45) is 1.38. The predicted octanol–water partition coefficient (Wildman–Crippen LogP) is 0.822. The molecule has 24 heavy (non-hydrogen) atoms. The second kappa shape index (κ2) is 6.53. The molecule has 124 valence electrons. The summed E-state index contributed by atoms with van der Waals surface area (Å²) in [6.45, 7) is -0.0689. The van der Waals surface area contributed by atoms with Crippen LogP contribution in [0.5, 0.6) is 0 Å². The number of carbonyl (C=O) groups excluding carboxylic acids is 2. The van der Waals surface area contributed by atoms with Crippen molar-refractivity contribution in [2.24, 2.45) is 0 Å². The zero-order valence-electron chi connectivity index (χ0n) is 12.9. The second-order valence-corrected chi connectivity index (χ2v) is 5.13. The van der Waals surface area contributed by atoms with Gasteiger partial charge < -0.3 is 14.5 Å². The van der Waals surface area contributed by atoms with Crippen molar-refractivity contribution in [2.45, 2.75) is 13.0 Å². The van der Waals surface area contributed by atoms with E-state index in [1.54, 1.807) is 12.1 Å². The number of carbonyl (C=O) groups is 2. The Balaban J connectivity index is 1.79. The van der Waals surface area contributed by atoms with Crippen LogP contribution in [0.2, 0.25) is 0 Å². The molecule has 1 aromatic carbocycles. The fourth-order valence-corrected chi connectivity index (χ4v) is 2.34. The molecule has 0 bridgehead atoms. The molecule has 0 saturated heterocycles. The number of aromatic nitrogens is 2. The Morgan fingerprint density at radius 3 is 2.92 bits per heavy atom. The van der Waals surface area contributed by atoms with Gasteiger partial charge in [0, 0.05) is 11.9 Å². The lowest BCUT2D eigenvalue weighted by Gasteiger charge is -2.06. The Kier molecular flexibility index (Phi) is 4.28. The van der Waals surface area contributed by atoms with Crippen LogP contribution in [-0.4, -0.2) is 35.1 Å². The lowest BCUT2D eigenvalue weighted by Crippen LogP contribution is -2.33. The molecule has 2 heterocycles. The number of nitrogens with zero attached hydrogens (tertiary/aromatic N) is 2. The fourth-order valence-electron chi connectivity index (χ4n) is 2.34. The maximum atomic E-state index is 12.4. The molecule has 2 aromatic heterocycles. The van der Waals surface area contributed by atoms with E-state index in [2.05, 4.69) is 15.0 Å². The summed E-state index contributed by atoms with van der Waals surface area (Å²) in [4.78, 5) is 39.5. The van der Waals surface area contributed by atoms with Crippen molar-refractivity contribution in [3.8, 4) is 0 Å². The van der Waals surface area contributed by atoms with Crippen LogP contribution in [0.3, 0.4) is 0 Å². The first-order valence-corrected chi connectivity index (χ1v) is 7.30. The van der Waals surface area contributed by atoms with Crippen LogP contribution in [-0.2, 0) is 20.9 Å². The molecule has 8 nitrogen and oxygen atoms in total. The smallest absolute Gasteiger partial charge is 0.307 e. The minimum absolute atomic E-state index is 0.0675. The topological polar surface area (TPSA) is 103 Å². The Morgan fingerprint density at radius 1 is 1.33 bits per heavy atom. The zero-order valence-corrected chi connectivity index (χ0v) is 12.9. The summed E-state index contributed by atoms with van der Waals surface area (Å²) in [7, 11) is 1.28. The van der Waals surface area contributed by atoms with Crippen LogP contribution >= 0.6 is 0 Å². The Hall–Kier alpha value is -3.16. The maximum Gasteiger partial charge on any atom is 0.307 e.